The Balaban J connectivity index is 1.68. The Morgan fingerprint density at radius 1 is 1.35 bits per heavy atom. The Morgan fingerprint density at radius 3 is 2.75 bits per heavy atom. The minimum Gasteiger partial charge on any atom is -0.354 e. The van der Waals surface area contributed by atoms with Crippen molar-refractivity contribution in [3.63, 3.8) is 0 Å². The zero-order valence-corrected chi connectivity index (χ0v) is 13.3. The van der Waals surface area contributed by atoms with Gasteiger partial charge in [0.05, 0.1) is 25.5 Å². The minimum atomic E-state index is -0.332. The fourth-order valence-electron chi connectivity index (χ4n) is 2.89. The van der Waals surface area contributed by atoms with Gasteiger partial charge in [-0.05, 0) is 19.9 Å². The number of hydrogen-bond acceptors (Lipinski definition) is 6. The third-order valence-corrected chi connectivity index (χ3v) is 5.25. The molecule has 112 valence electrons. The first-order chi connectivity index (χ1) is 9.58. The lowest BCUT2D eigenvalue weighted by Crippen LogP contribution is -2.48. The first-order valence-corrected chi connectivity index (χ1v) is 8.03. The largest absolute Gasteiger partial charge is 0.354 e. The summed E-state index contributed by atoms with van der Waals surface area (Å²) < 4.78 is 11.7. The quantitative estimate of drug-likeness (QED) is 0.851. The van der Waals surface area contributed by atoms with Crippen molar-refractivity contribution in [1.29, 1.82) is 0 Å². The lowest BCUT2D eigenvalue weighted by molar-refractivity contribution is -0.190. The van der Waals surface area contributed by atoms with E-state index < -0.39 is 0 Å². The summed E-state index contributed by atoms with van der Waals surface area (Å²) in [6.45, 7) is 6.51. The number of rotatable bonds is 3. The van der Waals surface area contributed by atoms with E-state index in [-0.39, 0.29) is 5.79 Å². The summed E-state index contributed by atoms with van der Waals surface area (Å²) in [5.74, 6) is -0.332. The Kier molecular flexibility index (Phi) is 3.99. The topological polar surface area (TPSA) is 37.8 Å². The van der Waals surface area contributed by atoms with Crippen molar-refractivity contribution in [3.8, 4) is 0 Å². The Labute approximate surface area is 124 Å². The lowest BCUT2D eigenvalue weighted by atomic mass is 10.0. The van der Waals surface area contributed by atoms with Gasteiger partial charge in [0.2, 0.25) is 0 Å². The van der Waals surface area contributed by atoms with Crippen LogP contribution in [0.4, 0.5) is 5.13 Å². The number of piperidine rings is 1. The second-order valence-electron chi connectivity index (χ2n) is 5.82. The van der Waals surface area contributed by atoms with Gasteiger partial charge in [0, 0.05) is 31.9 Å². The van der Waals surface area contributed by atoms with Gasteiger partial charge in [0.15, 0.2) is 10.9 Å². The lowest BCUT2D eigenvalue weighted by Gasteiger charge is -2.38. The molecule has 0 aliphatic carbocycles. The summed E-state index contributed by atoms with van der Waals surface area (Å²) in [6, 6.07) is 0. The molecular formula is C14H23N3O2S. The Morgan fingerprint density at radius 2 is 2.10 bits per heavy atom. The first-order valence-electron chi connectivity index (χ1n) is 7.22. The predicted octanol–water partition coefficient (Wildman–Crippen LogP) is 1.86. The van der Waals surface area contributed by atoms with Crippen LogP contribution in [0, 0.1) is 6.92 Å². The number of nitrogens with zero attached hydrogens (tertiary/aromatic N) is 3. The second kappa shape index (κ2) is 5.60. The van der Waals surface area contributed by atoms with Crippen molar-refractivity contribution in [3.05, 3.63) is 10.6 Å². The summed E-state index contributed by atoms with van der Waals surface area (Å²) in [7, 11) is 4.08. The average molecular weight is 297 g/mol. The van der Waals surface area contributed by atoms with E-state index in [1.54, 1.807) is 11.3 Å². The summed E-state index contributed by atoms with van der Waals surface area (Å²) >= 11 is 1.78. The van der Waals surface area contributed by atoms with Crippen molar-refractivity contribution in [2.45, 2.75) is 32.1 Å². The van der Waals surface area contributed by atoms with E-state index in [0.29, 0.717) is 0 Å². The number of anilines is 1. The molecule has 1 spiro atoms. The monoisotopic (exact) mass is 297 g/mol. The first kappa shape index (κ1) is 14.3. The number of thiazole rings is 1. The van der Waals surface area contributed by atoms with Gasteiger partial charge >= 0.3 is 0 Å². The molecule has 3 heterocycles. The van der Waals surface area contributed by atoms with Crippen molar-refractivity contribution in [2.24, 2.45) is 0 Å². The smallest absolute Gasteiger partial charge is 0.185 e. The van der Waals surface area contributed by atoms with Gasteiger partial charge in [-0.3, -0.25) is 4.90 Å². The molecular weight excluding hydrogens is 274 g/mol. The Hall–Kier alpha value is -0.690. The van der Waals surface area contributed by atoms with Gasteiger partial charge in [-0.15, -0.1) is 11.3 Å². The van der Waals surface area contributed by atoms with Crippen molar-refractivity contribution in [2.75, 3.05) is 45.3 Å². The van der Waals surface area contributed by atoms with Crippen LogP contribution in [0.1, 0.15) is 23.4 Å². The molecule has 0 unspecified atom stereocenters. The van der Waals surface area contributed by atoms with Gasteiger partial charge in [0.1, 0.15) is 0 Å². The van der Waals surface area contributed by atoms with E-state index in [9.17, 15) is 0 Å². The molecule has 20 heavy (non-hydrogen) atoms. The van der Waals surface area contributed by atoms with Gasteiger partial charge in [-0.2, -0.15) is 0 Å². The van der Waals surface area contributed by atoms with Crippen LogP contribution in [0.5, 0.6) is 0 Å². The molecule has 0 aromatic carbocycles. The number of ether oxygens (including phenoxy) is 2. The molecule has 0 N–H and O–H groups in total. The second-order valence-corrected chi connectivity index (χ2v) is 6.88. The summed E-state index contributed by atoms with van der Waals surface area (Å²) in [5.41, 5.74) is 1.14. The van der Waals surface area contributed by atoms with Crippen molar-refractivity contribution >= 4 is 16.5 Å². The molecule has 2 saturated heterocycles. The average Bonchev–Trinajstić information content (AvgIpc) is 2.98. The Bertz CT molecular complexity index is 469. The number of likely N-dealkylation sites (tertiary alicyclic amines) is 1. The number of aryl methyl sites for hydroxylation is 1. The van der Waals surface area contributed by atoms with Gasteiger partial charge < -0.3 is 14.4 Å². The van der Waals surface area contributed by atoms with E-state index in [1.165, 1.54) is 4.88 Å². The maximum absolute atomic E-state index is 5.84. The fourth-order valence-corrected chi connectivity index (χ4v) is 3.92. The van der Waals surface area contributed by atoms with Crippen LogP contribution in [-0.4, -0.2) is 56.1 Å². The molecule has 6 heteroatoms. The maximum atomic E-state index is 5.84. The van der Waals surface area contributed by atoms with Crippen LogP contribution in [0.15, 0.2) is 0 Å². The molecule has 1 aromatic heterocycles. The maximum Gasteiger partial charge on any atom is 0.185 e. The number of aromatic nitrogens is 1. The normalized spacial score (nSPS) is 22.6. The van der Waals surface area contributed by atoms with Gasteiger partial charge in [-0.1, -0.05) is 0 Å². The van der Waals surface area contributed by atoms with Crippen LogP contribution in [0.25, 0.3) is 0 Å². The highest BCUT2D eigenvalue weighted by Crippen LogP contribution is 2.32. The molecule has 3 rings (SSSR count). The van der Waals surface area contributed by atoms with E-state index >= 15 is 0 Å². The molecule has 2 fully saturated rings. The molecule has 0 atom stereocenters. The zero-order chi connectivity index (χ0) is 14.2. The van der Waals surface area contributed by atoms with Crippen LogP contribution in [-0.2, 0) is 16.0 Å². The van der Waals surface area contributed by atoms with Crippen molar-refractivity contribution < 1.29 is 9.47 Å². The fraction of sp³-hybridized carbons (Fsp3) is 0.786. The van der Waals surface area contributed by atoms with E-state index in [1.807, 2.05) is 14.1 Å². The van der Waals surface area contributed by atoms with Crippen LogP contribution in [0.2, 0.25) is 0 Å². The highest BCUT2D eigenvalue weighted by molar-refractivity contribution is 7.15. The molecule has 0 saturated carbocycles. The molecule has 5 nitrogen and oxygen atoms in total. The molecule has 2 aliphatic rings. The SMILES string of the molecule is Cc1nc(N(C)C)sc1CN1CCCC2(C1)OCCO2. The summed E-state index contributed by atoms with van der Waals surface area (Å²) in [6.07, 6.45) is 2.16. The molecule has 0 radical (unpaired) electrons. The zero-order valence-electron chi connectivity index (χ0n) is 12.5. The standard InChI is InChI=1S/C14H23N3O2S/c1-11-12(20-13(15-11)16(2)3)9-17-6-4-5-14(10-17)18-7-8-19-14/h4-10H2,1-3H3. The highest BCUT2D eigenvalue weighted by atomic mass is 32.1. The summed E-state index contributed by atoms with van der Waals surface area (Å²) in [4.78, 5) is 10.5. The highest BCUT2D eigenvalue weighted by Gasteiger charge is 2.40. The van der Waals surface area contributed by atoms with Crippen molar-refractivity contribution in [1.82, 2.24) is 9.88 Å². The predicted molar refractivity (Wildman–Crippen MR) is 80.3 cm³/mol. The molecule has 2 aliphatic heterocycles. The third-order valence-electron chi connectivity index (χ3n) is 3.94. The molecule has 0 amide bonds. The van der Waals surface area contributed by atoms with E-state index in [2.05, 4.69) is 21.7 Å². The third kappa shape index (κ3) is 2.83. The van der Waals surface area contributed by atoms with Crippen LogP contribution in [0.3, 0.4) is 0 Å². The van der Waals surface area contributed by atoms with Crippen LogP contribution >= 0.6 is 11.3 Å². The molecule has 0 bridgehead atoms. The summed E-state index contributed by atoms with van der Waals surface area (Å²) in [5, 5.41) is 1.08. The van der Waals surface area contributed by atoms with Crippen LogP contribution < -0.4 is 4.90 Å². The number of hydrogen-bond donors (Lipinski definition) is 0. The van der Waals surface area contributed by atoms with E-state index in [0.717, 1.165) is 56.5 Å². The minimum absolute atomic E-state index is 0.332. The van der Waals surface area contributed by atoms with Gasteiger partial charge in [-0.25, -0.2) is 4.98 Å². The molecule has 1 aromatic rings. The van der Waals surface area contributed by atoms with E-state index in [4.69, 9.17) is 9.47 Å². The van der Waals surface area contributed by atoms with Gasteiger partial charge in [0.25, 0.3) is 0 Å².